The summed E-state index contributed by atoms with van der Waals surface area (Å²) in [5.74, 6) is 0.0817. The molecule has 2 nitrogen and oxygen atoms in total. The molecule has 2 rings (SSSR count). The minimum atomic E-state index is -0.478. The van der Waals surface area contributed by atoms with Crippen molar-refractivity contribution in [1.82, 2.24) is 4.98 Å². The van der Waals surface area contributed by atoms with E-state index >= 15 is 0 Å². The lowest BCUT2D eigenvalue weighted by Gasteiger charge is -2.07. The summed E-state index contributed by atoms with van der Waals surface area (Å²) in [6, 6.07) is 8.33. The molecule has 0 aliphatic carbocycles. The fraction of sp³-hybridized carbons (Fsp3) is 0. The van der Waals surface area contributed by atoms with Crippen LogP contribution < -0.4 is 5.32 Å². The second kappa shape index (κ2) is 4.80. The largest absolute Gasteiger partial charge is 0.338 e. The van der Waals surface area contributed by atoms with Gasteiger partial charge in [0.1, 0.15) is 5.82 Å². The normalized spacial score (nSPS) is 10.2. The third-order valence-corrected chi connectivity index (χ3v) is 2.70. The summed E-state index contributed by atoms with van der Waals surface area (Å²) in [5, 5.41) is 2.93. The quantitative estimate of drug-likeness (QED) is 0.890. The lowest BCUT2D eigenvalue weighted by atomic mass is 10.3. The number of halogens is 3. The number of aromatic nitrogens is 1. The zero-order valence-electron chi connectivity index (χ0n) is 8.05. The molecule has 16 heavy (non-hydrogen) atoms. The maximum Gasteiger partial charge on any atom is 0.165 e. The van der Waals surface area contributed by atoms with Crippen LogP contribution in [0.1, 0.15) is 0 Å². The summed E-state index contributed by atoms with van der Waals surface area (Å²) >= 11 is 8.93. The second-order valence-electron chi connectivity index (χ2n) is 3.09. The van der Waals surface area contributed by atoms with Crippen LogP contribution in [0.5, 0.6) is 0 Å². The molecule has 0 aliphatic heterocycles. The fourth-order valence-corrected chi connectivity index (χ4v) is 1.60. The number of nitrogens with zero attached hydrogens (tertiary/aromatic N) is 1. The molecule has 0 saturated carbocycles. The highest BCUT2D eigenvalue weighted by molar-refractivity contribution is 9.10. The molecule has 0 spiro atoms. The molecule has 0 amide bonds. The van der Waals surface area contributed by atoms with Gasteiger partial charge in [0.2, 0.25) is 0 Å². The first-order valence-corrected chi connectivity index (χ1v) is 5.66. The molecule has 0 bridgehead atoms. The molecule has 1 aromatic heterocycles. The van der Waals surface area contributed by atoms with Crippen molar-refractivity contribution in [2.75, 3.05) is 5.32 Å². The summed E-state index contributed by atoms with van der Waals surface area (Å²) < 4.78 is 14.4. The van der Waals surface area contributed by atoms with Gasteiger partial charge in [0.25, 0.3) is 0 Å². The van der Waals surface area contributed by atoms with Crippen molar-refractivity contribution in [3.8, 4) is 0 Å². The van der Waals surface area contributed by atoms with Crippen molar-refractivity contribution in [3.05, 3.63) is 51.8 Å². The zero-order chi connectivity index (χ0) is 11.5. The molecule has 82 valence electrons. The van der Waals surface area contributed by atoms with E-state index in [0.717, 1.165) is 4.47 Å². The van der Waals surface area contributed by atoms with Crippen molar-refractivity contribution < 1.29 is 4.39 Å². The van der Waals surface area contributed by atoms with Gasteiger partial charge in [0.05, 0.1) is 10.7 Å². The van der Waals surface area contributed by atoms with Crippen molar-refractivity contribution in [1.29, 1.82) is 0 Å². The van der Waals surface area contributed by atoms with Gasteiger partial charge in [0.15, 0.2) is 5.82 Å². The van der Waals surface area contributed by atoms with Gasteiger partial charge >= 0.3 is 0 Å². The molecule has 1 heterocycles. The first kappa shape index (κ1) is 11.4. The van der Waals surface area contributed by atoms with Crippen LogP contribution >= 0.6 is 27.5 Å². The lowest BCUT2D eigenvalue weighted by Crippen LogP contribution is -1.96. The monoisotopic (exact) mass is 300 g/mol. The van der Waals surface area contributed by atoms with E-state index in [2.05, 4.69) is 26.2 Å². The fourth-order valence-electron chi connectivity index (χ4n) is 1.19. The molecular formula is C11H7BrClFN2. The van der Waals surface area contributed by atoms with Crippen molar-refractivity contribution in [2.45, 2.75) is 0 Å². The number of pyridine rings is 1. The average molecular weight is 302 g/mol. The lowest BCUT2D eigenvalue weighted by molar-refractivity contribution is 0.632. The number of hydrogen-bond acceptors (Lipinski definition) is 2. The Morgan fingerprint density at radius 2 is 2.06 bits per heavy atom. The van der Waals surface area contributed by atoms with E-state index in [4.69, 9.17) is 11.6 Å². The molecule has 0 aliphatic rings. The molecule has 5 heteroatoms. The molecule has 0 saturated heterocycles. The van der Waals surface area contributed by atoms with E-state index in [1.807, 2.05) is 6.07 Å². The second-order valence-corrected chi connectivity index (χ2v) is 4.41. The van der Waals surface area contributed by atoms with Gasteiger partial charge in [0, 0.05) is 10.7 Å². The summed E-state index contributed by atoms with van der Waals surface area (Å²) in [7, 11) is 0. The number of rotatable bonds is 2. The molecule has 0 atom stereocenters. The molecule has 0 unspecified atom stereocenters. The Morgan fingerprint density at radius 1 is 1.25 bits per heavy atom. The van der Waals surface area contributed by atoms with Crippen LogP contribution in [0.3, 0.4) is 0 Å². The maximum atomic E-state index is 13.5. The molecule has 1 aromatic carbocycles. The molecule has 0 fully saturated rings. The third-order valence-electron chi connectivity index (χ3n) is 1.94. The first-order chi connectivity index (χ1) is 7.66. The summed E-state index contributed by atoms with van der Waals surface area (Å²) in [5.41, 5.74) is 0.308. The molecule has 2 aromatic rings. The Labute approximate surface area is 106 Å². The highest BCUT2D eigenvalue weighted by Crippen LogP contribution is 2.24. The average Bonchev–Trinajstić information content (AvgIpc) is 2.28. The van der Waals surface area contributed by atoms with Gasteiger partial charge < -0.3 is 5.32 Å². The van der Waals surface area contributed by atoms with Crippen LogP contribution in [0, 0.1) is 5.82 Å². The maximum absolute atomic E-state index is 13.5. The standard InChI is InChI=1S/C11H7BrClFN2/c12-7-4-5-10(15-6-7)16-9-3-1-2-8(13)11(9)14/h1-6H,(H,15,16). The Bertz CT molecular complexity index is 502. The third kappa shape index (κ3) is 2.51. The predicted molar refractivity (Wildman–Crippen MR) is 66.6 cm³/mol. The first-order valence-electron chi connectivity index (χ1n) is 4.49. The van der Waals surface area contributed by atoms with Crippen LogP contribution in [0.2, 0.25) is 5.02 Å². The minimum absolute atomic E-state index is 0.0853. The van der Waals surface area contributed by atoms with Crippen molar-refractivity contribution >= 4 is 39.0 Å². The van der Waals surface area contributed by atoms with E-state index in [-0.39, 0.29) is 5.02 Å². The van der Waals surface area contributed by atoms with E-state index in [0.29, 0.717) is 11.5 Å². The van der Waals surface area contributed by atoms with Gasteiger partial charge in [-0.15, -0.1) is 0 Å². The van der Waals surface area contributed by atoms with E-state index in [1.165, 1.54) is 6.07 Å². The smallest absolute Gasteiger partial charge is 0.165 e. The Kier molecular flexibility index (Phi) is 3.41. The number of anilines is 2. The van der Waals surface area contributed by atoms with E-state index in [9.17, 15) is 4.39 Å². The van der Waals surface area contributed by atoms with Crippen LogP contribution in [0.4, 0.5) is 15.9 Å². The minimum Gasteiger partial charge on any atom is -0.338 e. The van der Waals surface area contributed by atoms with Crippen LogP contribution in [-0.4, -0.2) is 4.98 Å². The van der Waals surface area contributed by atoms with Gasteiger partial charge in [-0.1, -0.05) is 17.7 Å². The predicted octanol–water partition coefficient (Wildman–Crippen LogP) is 4.38. The van der Waals surface area contributed by atoms with Gasteiger partial charge in [-0.25, -0.2) is 9.37 Å². The highest BCUT2D eigenvalue weighted by atomic mass is 79.9. The zero-order valence-corrected chi connectivity index (χ0v) is 10.4. The van der Waals surface area contributed by atoms with Crippen molar-refractivity contribution in [3.63, 3.8) is 0 Å². The number of hydrogen-bond donors (Lipinski definition) is 1. The van der Waals surface area contributed by atoms with E-state index < -0.39 is 5.82 Å². The SMILES string of the molecule is Fc1c(Cl)cccc1Nc1ccc(Br)cn1. The Balaban J connectivity index is 2.27. The van der Waals surface area contributed by atoms with E-state index in [1.54, 1.807) is 24.4 Å². The molecule has 0 radical (unpaired) electrons. The van der Waals surface area contributed by atoms with Crippen LogP contribution in [0.25, 0.3) is 0 Å². The van der Waals surface area contributed by atoms with Crippen LogP contribution in [-0.2, 0) is 0 Å². The van der Waals surface area contributed by atoms with Gasteiger partial charge in [-0.2, -0.15) is 0 Å². The molecular weight excluding hydrogens is 294 g/mol. The Hall–Kier alpha value is -1.13. The number of nitrogens with one attached hydrogen (secondary N) is 1. The Morgan fingerprint density at radius 3 is 2.75 bits per heavy atom. The highest BCUT2D eigenvalue weighted by Gasteiger charge is 2.06. The summed E-state index contributed by atoms with van der Waals surface area (Å²) in [6.45, 7) is 0. The summed E-state index contributed by atoms with van der Waals surface area (Å²) in [6.07, 6.45) is 1.63. The van der Waals surface area contributed by atoms with Crippen LogP contribution in [0.15, 0.2) is 41.0 Å². The number of benzene rings is 1. The topological polar surface area (TPSA) is 24.9 Å². The molecule has 1 N–H and O–H groups in total. The van der Waals surface area contributed by atoms with Gasteiger partial charge in [-0.05, 0) is 40.2 Å². The van der Waals surface area contributed by atoms with Gasteiger partial charge in [-0.3, -0.25) is 0 Å². The summed E-state index contributed by atoms with van der Waals surface area (Å²) in [4.78, 5) is 4.08. The van der Waals surface area contributed by atoms with Crippen molar-refractivity contribution in [2.24, 2.45) is 0 Å².